The van der Waals surface area contributed by atoms with E-state index >= 15 is 0 Å². The topological polar surface area (TPSA) is 51.2 Å². The number of nitrogens with zero attached hydrogens (tertiary/aromatic N) is 1. The molecule has 0 fully saturated rings. The number of benzene rings is 1. The van der Waals surface area contributed by atoms with Gasteiger partial charge in [-0.1, -0.05) is 18.2 Å². The zero-order valence-corrected chi connectivity index (χ0v) is 11.3. The maximum Gasteiger partial charge on any atom is 0.254 e. The first-order valence-corrected chi connectivity index (χ1v) is 6.14. The number of hydrogen-bond acceptors (Lipinski definition) is 3. The number of ether oxygens (including phenoxy) is 1. The third-order valence-electron chi connectivity index (χ3n) is 2.90. The van der Waals surface area contributed by atoms with E-state index in [4.69, 9.17) is 4.74 Å². The second-order valence-electron chi connectivity index (χ2n) is 4.33. The van der Waals surface area contributed by atoms with Crippen LogP contribution < -0.4 is 10.1 Å². The lowest BCUT2D eigenvalue weighted by molar-refractivity contribution is 0.0946. The van der Waals surface area contributed by atoms with Crippen molar-refractivity contribution >= 4 is 5.91 Å². The Labute approximate surface area is 116 Å². The van der Waals surface area contributed by atoms with Gasteiger partial charge >= 0.3 is 0 Å². The molecule has 104 valence electrons. The minimum absolute atomic E-state index is 0.0477. The van der Waals surface area contributed by atoms with E-state index in [2.05, 4.69) is 10.3 Å². The normalized spacial score (nSPS) is 10.2. The minimum atomic E-state index is -0.488. The van der Waals surface area contributed by atoms with Crippen LogP contribution in [-0.2, 0) is 6.54 Å². The first kappa shape index (κ1) is 14.0. The molecule has 1 heterocycles. The van der Waals surface area contributed by atoms with Crippen LogP contribution in [0, 0.1) is 12.7 Å². The molecular formula is C15H15FN2O2. The predicted molar refractivity (Wildman–Crippen MR) is 73.1 cm³/mol. The summed E-state index contributed by atoms with van der Waals surface area (Å²) < 4.78 is 18.7. The summed E-state index contributed by atoms with van der Waals surface area (Å²) >= 11 is 0. The first-order valence-electron chi connectivity index (χ1n) is 6.14. The Hall–Kier alpha value is -2.43. The summed E-state index contributed by atoms with van der Waals surface area (Å²) in [5.41, 5.74) is 1.31. The molecule has 4 nitrogen and oxygen atoms in total. The highest BCUT2D eigenvalue weighted by atomic mass is 19.1. The van der Waals surface area contributed by atoms with Gasteiger partial charge in [0, 0.05) is 18.8 Å². The van der Waals surface area contributed by atoms with E-state index < -0.39 is 11.7 Å². The number of halogens is 1. The summed E-state index contributed by atoms with van der Waals surface area (Å²) in [4.78, 5) is 15.9. The number of amides is 1. The van der Waals surface area contributed by atoms with E-state index in [0.717, 1.165) is 5.56 Å². The second kappa shape index (κ2) is 6.14. The van der Waals surface area contributed by atoms with E-state index in [1.54, 1.807) is 37.4 Å². The quantitative estimate of drug-likeness (QED) is 0.931. The maximum absolute atomic E-state index is 13.8. The van der Waals surface area contributed by atoms with Gasteiger partial charge in [0.05, 0.1) is 12.7 Å². The fraction of sp³-hybridized carbons (Fsp3) is 0.200. The van der Waals surface area contributed by atoms with E-state index in [-0.39, 0.29) is 12.1 Å². The van der Waals surface area contributed by atoms with Crippen LogP contribution in [0.15, 0.2) is 36.5 Å². The van der Waals surface area contributed by atoms with Crippen molar-refractivity contribution in [2.75, 3.05) is 7.11 Å². The molecule has 0 bridgehead atoms. The molecule has 1 amide bonds. The highest BCUT2D eigenvalue weighted by Crippen LogP contribution is 2.12. The van der Waals surface area contributed by atoms with Crippen LogP contribution in [0.25, 0.3) is 0 Å². The molecular weight excluding hydrogens is 259 g/mol. The lowest BCUT2D eigenvalue weighted by Gasteiger charge is -2.07. The fourth-order valence-electron chi connectivity index (χ4n) is 1.74. The maximum atomic E-state index is 13.8. The molecule has 0 unspecified atom stereocenters. The van der Waals surface area contributed by atoms with Gasteiger partial charge in [-0.05, 0) is 24.1 Å². The number of hydrogen-bond donors (Lipinski definition) is 1. The predicted octanol–water partition coefficient (Wildman–Crippen LogP) is 2.47. The Morgan fingerprint density at radius 1 is 1.35 bits per heavy atom. The van der Waals surface area contributed by atoms with Crippen molar-refractivity contribution in [3.8, 4) is 5.88 Å². The van der Waals surface area contributed by atoms with Gasteiger partial charge in [-0.3, -0.25) is 4.79 Å². The SMILES string of the molecule is COc1ccc(CNC(=O)c2cccc(C)c2F)cn1. The lowest BCUT2D eigenvalue weighted by atomic mass is 10.1. The van der Waals surface area contributed by atoms with E-state index in [1.807, 2.05) is 0 Å². The average Bonchev–Trinajstić information content (AvgIpc) is 2.48. The molecule has 5 heteroatoms. The molecule has 2 rings (SSSR count). The van der Waals surface area contributed by atoms with Crippen molar-refractivity contribution in [2.24, 2.45) is 0 Å². The summed E-state index contributed by atoms with van der Waals surface area (Å²) in [5.74, 6) is -0.426. The number of carbonyl (C=O) groups excluding carboxylic acids is 1. The number of pyridine rings is 1. The Kier molecular flexibility index (Phi) is 4.30. The monoisotopic (exact) mass is 274 g/mol. The zero-order chi connectivity index (χ0) is 14.5. The largest absolute Gasteiger partial charge is 0.481 e. The van der Waals surface area contributed by atoms with Crippen molar-refractivity contribution < 1.29 is 13.9 Å². The van der Waals surface area contributed by atoms with Gasteiger partial charge in [-0.15, -0.1) is 0 Å². The molecule has 0 aliphatic rings. The first-order chi connectivity index (χ1) is 9.61. The molecule has 1 aromatic carbocycles. The summed E-state index contributed by atoms with van der Waals surface area (Å²) in [7, 11) is 1.53. The molecule has 0 atom stereocenters. The lowest BCUT2D eigenvalue weighted by Crippen LogP contribution is -2.24. The van der Waals surface area contributed by atoms with Gasteiger partial charge < -0.3 is 10.1 Å². The Morgan fingerprint density at radius 2 is 2.15 bits per heavy atom. The Balaban J connectivity index is 2.02. The van der Waals surface area contributed by atoms with Gasteiger partial charge in [-0.2, -0.15) is 0 Å². The number of rotatable bonds is 4. The standard InChI is InChI=1S/C15H15FN2O2/c1-10-4-3-5-12(14(10)16)15(19)18-9-11-6-7-13(20-2)17-8-11/h3-8H,9H2,1-2H3,(H,18,19). The van der Waals surface area contributed by atoms with Crippen LogP contribution in [0.4, 0.5) is 4.39 Å². The summed E-state index contributed by atoms with van der Waals surface area (Å²) in [5, 5.41) is 2.66. The van der Waals surface area contributed by atoms with Gasteiger partial charge in [0.1, 0.15) is 5.82 Å². The summed E-state index contributed by atoms with van der Waals surface area (Å²) in [6, 6.07) is 8.24. The highest BCUT2D eigenvalue weighted by molar-refractivity contribution is 5.94. The Bertz CT molecular complexity index is 612. The number of aromatic nitrogens is 1. The van der Waals surface area contributed by atoms with Crippen molar-refractivity contribution in [2.45, 2.75) is 13.5 Å². The second-order valence-corrected chi connectivity index (χ2v) is 4.33. The van der Waals surface area contributed by atoms with Crippen LogP contribution in [0.2, 0.25) is 0 Å². The smallest absolute Gasteiger partial charge is 0.254 e. The third kappa shape index (κ3) is 3.12. The molecule has 0 aliphatic carbocycles. The molecule has 0 aliphatic heterocycles. The van der Waals surface area contributed by atoms with Crippen molar-refractivity contribution in [3.63, 3.8) is 0 Å². The number of carbonyl (C=O) groups is 1. The van der Waals surface area contributed by atoms with Gasteiger partial charge in [0.2, 0.25) is 5.88 Å². The van der Waals surface area contributed by atoms with Crippen LogP contribution >= 0.6 is 0 Å². The van der Waals surface area contributed by atoms with Crippen molar-refractivity contribution in [1.82, 2.24) is 10.3 Å². The van der Waals surface area contributed by atoms with E-state index in [9.17, 15) is 9.18 Å². The molecule has 0 saturated carbocycles. The number of aryl methyl sites for hydroxylation is 1. The summed E-state index contributed by atoms with van der Waals surface area (Å²) in [6.45, 7) is 1.91. The third-order valence-corrected chi connectivity index (χ3v) is 2.90. The van der Waals surface area contributed by atoms with Gasteiger partial charge in [0.25, 0.3) is 5.91 Å². The van der Waals surface area contributed by atoms with Crippen LogP contribution in [0.3, 0.4) is 0 Å². The molecule has 0 spiro atoms. The molecule has 20 heavy (non-hydrogen) atoms. The number of nitrogens with one attached hydrogen (secondary N) is 1. The molecule has 0 radical (unpaired) electrons. The Morgan fingerprint density at radius 3 is 2.80 bits per heavy atom. The zero-order valence-electron chi connectivity index (χ0n) is 11.3. The molecule has 0 saturated heterocycles. The van der Waals surface area contributed by atoms with Crippen LogP contribution in [-0.4, -0.2) is 18.0 Å². The van der Waals surface area contributed by atoms with Crippen LogP contribution in [0.5, 0.6) is 5.88 Å². The number of methoxy groups -OCH3 is 1. The van der Waals surface area contributed by atoms with Crippen molar-refractivity contribution in [1.29, 1.82) is 0 Å². The van der Waals surface area contributed by atoms with Crippen molar-refractivity contribution in [3.05, 3.63) is 59.0 Å². The fourth-order valence-corrected chi connectivity index (χ4v) is 1.74. The van der Waals surface area contributed by atoms with Gasteiger partial charge in [-0.25, -0.2) is 9.37 Å². The van der Waals surface area contributed by atoms with Crippen LogP contribution in [0.1, 0.15) is 21.5 Å². The molecule has 2 aromatic rings. The highest BCUT2D eigenvalue weighted by Gasteiger charge is 2.12. The molecule has 1 N–H and O–H groups in total. The van der Waals surface area contributed by atoms with E-state index in [0.29, 0.717) is 11.4 Å². The minimum Gasteiger partial charge on any atom is -0.481 e. The van der Waals surface area contributed by atoms with E-state index in [1.165, 1.54) is 13.2 Å². The average molecular weight is 274 g/mol. The van der Waals surface area contributed by atoms with Gasteiger partial charge in [0.15, 0.2) is 0 Å². The summed E-state index contributed by atoms with van der Waals surface area (Å²) in [6.07, 6.45) is 1.60. The molecule has 1 aromatic heterocycles.